The van der Waals surface area contributed by atoms with Crippen LogP contribution in [0.2, 0.25) is 0 Å². The number of rotatable bonds is 3. The summed E-state index contributed by atoms with van der Waals surface area (Å²) in [4.78, 5) is 9.64. The number of nitro groups is 1. The zero-order valence-corrected chi connectivity index (χ0v) is 20.3. The monoisotopic (exact) mass is 562 g/mol. The van der Waals surface area contributed by atoms with Gasteiger partial charge in [-0.1, -0.05) is 45.7 Å². The fourth-order valence-corrected chi connectivity index (χ4v) is 2.97. The number of nitrogens with zero attached hydrogens (tertiary/aromatic N) is 3. The third-order valence-corrected chi connectivity index (χ3v) is 4.43. The van der Waals surface area contributed by atoms with Gasteiger partial charge in [0.1, 0.15) is 11.6 Å². The minimum absolute atomic E-state index is 0.0483. The van der Waals surface area contributed by atoms with E-state index in [0.29, 0.717) is 15.7 Å². The van der Waals surface area contributed by atoms with Crippen molar-refractivity contribution in [3.8, 4) is 12.1 Å². The van der Waals surface area contributed by atoms with Crippen LogP contribution >= 0.6 is 31.9 Å². The number of benzene rings is 2. The van der Waals surface area contributed by atoms with Crippen molar-refractivity contribution in [2.75, 3.05) is 12.3 Å². The van der Waals surface area contributed by atoms with Gasteiger partial charge in [0.25, 0.3) is 5.69 Å². The lowest BCUT2D eigenvalue weighted by atomic mass is 10.1. The van der Waals surface area contributed by atoms with Crippen molar-refractivity contribution >= 4 is 43.2 Å². The first-order chi connectivity index (χ1) is 14.6. The zero-order valence-electron chi connectivity index (χ0n) is 17.1. The molecule has 168 valence electrons. The lowest BCUT2D eigenvalue weighted by Crippen LogP contribution is -1.95. The molecule has 0 aliphatic carbocycles. The third kappa shape index (κ3) is 11.4. The molecule has 0 radical (unpaired) electrons. The van der Waals surface area contributed by atoms with Crippen LogP contribution in [0, 0.1) is 44.4 Å². The lowest BCUT2D eigenvalue weighted by molar-refractivity contribution is -0.385. The first kappa shape index (κ1) is 30.6. The third-order valence-electron chi connectivity index (χ3n) is 3.01. The van der Waals surface area contributed by atoms with Gasteiger partial charge in [0.15, 0.2) is 0 Å². The van der Waals surface area contributed by atoms with E-state index in [-0.39, 0.29) is 35.2 Å². The molecule has 0 aliphatic rings. The van der Waals surface area contributed by atoms with E-state index >= 15 is 0 Å². The van der Waals surface area contributed by atoms with Crippen molar-refractivity contribution in [2.45, 2.75) is 33.6 Å². The largest absolute Gasteiger partial charge is 0.399 e. The second kappa shape index (κ2) is 17.1. The second-order valence-corrected chi connectivity index (χ2v) is 6.80. The SMILES string of the molecule is CC.CCO.N#CCc1c(F)cc(N)cc1Br.N#CCc1c(F)cc([N+](=O)[O-])cc1Br. The molecule has 2 rings (SSSR count). The Morgan fingerprint density at radius 2 is 1.42 bits per heavy atom. The Morgan fingerprint density at radius 1 is 1.03 bits per heavy atom. The van der Waals surface area contributed by atoms with E-state index in [2.05, 4.69) is 31.9 Å². The van der Waals surface area contributed by atoms with Gasteiger partial charge in [0, 0.05) is 38.4 Å². The normalized spacial score (nSPS) is 8.71. The summed E-state index contributed by atoms with van der Waals surface area (Å²) in [6.07, 6.45) is -0.0723. The highest BCUT2D eigenvalue weighted by Gasteiger charge is 2.14. The Hall–Kier alpha value is -2.60. The summed E-state index contributed by atoms with van der Waals surface area (Å²) in [5.74, 6) is -1.18. The van der Waals surface area contributed by atoms with Gasteiger partial charge in [0.05, 0.1) is 36.0 Å². The molecule has 0 spiro atoms. The molecule has 31 heavy (non-hydrogen) atoms. The number of non-ortho nitro benzene ring substituents is 1. The fourth-order valence-electron chi connectivity index (χ4n) is 1.81. The fraction of sp³-hybridized carbons (Fsp3) is 0.300. The van der Waals surface area contributed by atoms with Crippen molar-refractivity contribution in [1.82, 2.24) is 0 Å². The Labute approximate surface area is 196 Å². The van der Waals surface area contributed by atoms with Crippen molar-refractivity contribution in [3.63, 3.8) is 0 Å². The summed E-state index contributed by atoms with van der Waals surface area (Å²) in [6, 6.07) is 8.41. The van der Waals surface area contributed by atoms with E-state index in [4.69, 9.17) is 21.4 Å². The number of nitrogen functional groups attached to an aromatic ring is 1. The first-order valence-corrected chi connectivity index (χ1v) is 10.4. The number of hydrogen-bond donors (Lipinski definition) is 2. The van der Waals surface area contributed by atoms with Gasteiger partial charge in [-0.2, -0.15) is 10.5 Å². The van der Waals surface area contributed by atoms with Gasteiger partial charge < -0.3 is 10.8 Å². The number of nitrogens with two attached hydrogens (primary N) is 1. The molecule has 0 saturated carbocycles. The van der Waals surface area contributed by atoms with E-state index in [9.17, 15) is 18.9 Å². The molecule has 7 nitrogen and oxygen atoms in total. The van der Waals surface area contributed by atoms with Crippen LogP contribution in [-0.4, -0.2) is 16.6 Å². The number of aliphatic hydroxyl groups is 1. The van der Waals surface area contributed by atoms with Crippen LogP contribution in [0.5, 0.6) is 0 Å². The van der Waals surface area contributed by atoms with Crippen LogP contribution in [0.25, 0.3) is 0 Å². The van der Waals surface area contributed by atoms with Gasteiger partial charge >= 0.3 is 0 Å². The van der Waals surface area contributed by atoms with Crippen LogP contribution in [0.4, 0.5) is 20.2 Å². The number of nitro benzene ring substituents is 1. The van der Waals surface area contributed by atoms with Crippen LogP contribution in [0.3, 0.4) is 0 Å². The molecule has 0 amide bonds. The maximum Gasteiger partial charge on any atom is 0.273 e. The topological polar surface area (TPSA) is 137 Å². The summed E-state index contributed by atoms with van der Waals surface area (Å²) in [6.45, 7) is 5.93. The smallest absolute Gasteiger partial charge is 0.273 e. The zero-order chi connectivity index (χ0) is 24.6. The molecule has 0 aromatic heterocycles. The van der Waals surface area contributed by atoms with E-state index in [1.165, 1.54) is 12.1 Å². The Bertz CT molecular complexity index is 899. The van der Waals surface area contributed by atoms with Crippen molar-refractivity contribution in [2.24, 2.45) is 0 Å². The molecule has 0 fully saturated rings. The van der Waals surface area contributed by atoms with Crippen LogP contribution in [0.1, 0.15) is 31.9 Å². The molecule has 0 atom stereocenters. The maximum atomic E-state index is 13.2. The molecule has 0 heterocycles. The quantitative estimate of drug-likeness (QED) is 0.274. The maximum absolute atomic E-state index is 13.2. The number of aliphatic hydroxyl groups excluding tert-OH is 1. The number of hydrogen-bond acceptors (Lipinski definition) is 6. The van der Waals surface area contributed by atoms with Gasteiger partial charge in [0.2, 0.25) is 0 Å². The van der Waals surface area contributed by atoms with Crippen molar-refractivity contribution < 1.29 is 18.8 Å². The summed E-state index contributed by atoms with van der Waals surface area (Å²) in [5, 5.41) is 34.6. The minimum atomic E-state index is -0.743. The van der Waals surface area contributed by atoms with Gasteiger partial charge in [-0.05, 0) is 19.1 Å². The van der Waals surface area contributed by atoms with E-state index in [0.717, 1.165) is 6.07 Å². The molecule has 2 aromatic carbocycles. The van der Waals surface area contributed by atoms with Crippen molar-refractivity contribution in [3.05, 3.63) is 66.1 Å². The lowest BCUT2D eigenvalue weighted by Gasteiger charge is -2.02. The molecule has 0 unspecified atom stereocenters. The molecule has 11 heteroatoms. The minimum Gasteiger partial charge on any atom is -0.399 e. The number of halogens is 4. The standard InChI is InChI=1S/C8H4BrFN2O2.C8H6BrFN2.C2H6O.C2H6/c9-7-3-5(12(13)14)4-8(10)6(7)1-2-11;9-7-3-5(12)4-8(10)6(7)1-2-11;1-2-3;1-2/h3-4H,1H2;3-4H,1,12H2;3H,2H2,1H3;1-2H3. The molecule has 3 N–H and O–H groups in total. The number of anilines is 1. The summed E-state index contributed by atoms with van der Waals surface area (Å²) in [7, 11) is 0. The van der Waals surface area contributed by atoms with Crippen molar-refractivity contribution in [1.29, 1.82) is 10.5 Å². The highest BCUT2D eigenvalue weighted by molar-refractivity contribution is 9.10. The van der Waals surface area contributed by atoms with Gasteiger partial charge in [-0.25, -0.2) is 8.78 Å². The molecule has 0 aliphatic heterocycles. The molecular formula is C20H22Br2F2N4O3. The average Bonchev–Trinajstić information content (AvgIpc) is 2.70. The Kier molecular flexibility index (Phi) is 16.9. The number of nitriles is 2. The molecular weight excluding hydrogens is 542 g/mol. The molecule has 0 saturated heterocycles. The highest BCUT2D eigenvalue weighted by Crippen LogP contribution is 2.26. The summed E-state index contributed by atoms with van der Waals surface area (Å²) >= 11 is 6.10. The molecule has 0 bridgehead atoms. The Balaban J connectivity index is 0. The van der Waals surface area contributed by atoms with E-state index < -0.39 is 16.6 Å². The summed E-state index contributed by atoms with van der Waals surface area (Å²) in [5.41, 5.74) is 5.87. The highest BCUT2D eigenvalue weighted by atomic mass is 79.9. The Morgan fingerprint density at radius 3 is 1.74 bits per heavy atom. The van der Waals surface area contributed by atoms with Crippen LogP contribution in [0.15, 0.2) is 33.2 Å². The second-order valence-electron chi connectivity index (χ2n) is 5.09. The van der Waals surface area contributed by atoms with Crippen LogP contribution < -0.4 is 5.73 Å². The molecule has 2 aromatic rings. The predicted molar refractivity (Wildman–Crippen MR) is 122 cm³/mol. The first-order valence-electron chi connectivity index (χ1n) is 8.83. The van der Waals surface area contributed by atoms with E-state index in [1.807, 2.05) is 19.9 Å². The predicted octanol–water partition coefficient (Wildman–Crippen LogP) is 5.82. The van der Waals surface area contributed by atoms with Crippen LogP contribution in [-0.2, 0) is 12.8 Å². The summed E-state index contributed by atoms with van der Waals surface area (Å²) < 4.78 is 27.0. The van der Waals surface area contributed by atoms with E-state index in [1.54, 1.807) is 19.1 Å². The van der Waals surface area contributed by atoms with Gasteiger partial charge in [-0.15, -0.1) is 0 Å². The van der Waals surface area contributed by atoms with Gasteiger partial charge in [-0.3, -0.25) is 10.1 Å². The average molecular weight is 564 g/mol.